The molecule has 17 heavy (non-hydrogen) atoms. The van der Waals surface area contributed by atoms with E-state index in [2.05, 4.69) is 15.9 Å². The van der Waals surface area contributed by atoms with Crippen LogP contribution in [0.2, 0.25) is 0 Å². The van der Waals surface area contributed by atoms with Crippen molar-refractivity contribution in [3.05, 3.63) is 20.8 Å². The summed E-state index contributed by atoms with van der Waals surface area (Å²) in [5.74, 6) is 0.237. The highest BCUT2D eigenvalue weighted by Gasteiger charge is 2.22. The molecule has 96 valence electrons. The van der Waals surface area contributed by atoms with Crippen molar-refractivity contribution in [1.29, 1.82) is 0 Å². The molecule has 0 aliphatic rings. The molecule has 0 aromatic carbocycles. The average Bonchev–Trinajstić information content (AvgIpc) is 2.71. The van der Waals surface area contributed by atoms with Gasteiger partial charge in [-0.25, -0.2) is 0 Å². The van der Waals surface area contributed by atoms with E-state index in [1.807, 2.05) is 25.3 Å². The first-order chi connectivity index (χ1) is 7.95. The summed E-state index contributed by atoms with van der Waals surface area (Å²) < 4.78 is 1.08. The van der Waals surface area contributed by atoms with Crippen LogP contribution in [0, 0.1) is 5.92 Å². The second kappa shape index (κ2) is 6.52. The van der Waals surface area contributed by atoms with Crippen molar-refractivity contribution in [1.82, 2.24) is 4.90 Å². The quantitative estimate of drug-likeness (QED) is 0.907. The molecule has 0 bridgehead atoms. The van der Waals surface area contributed by atoms with E-state index in [-0.39, 0.29) is 11.8 Å². The first kappa shape index (κ1) is 14.7. The molecule has 1 aromatic heterocycles. The van der Waals surface area contributed by atoms with Crippen LogP contribution in [0.4, 0.5) is 0 Å². The van der Waals surface area contributed by atoms with Gasteiger partial charge in [-0.05, 0) is 38.9 Å². The topological polar surface area (TPSA) is 46.3 Å². The van der Waals surface area contributed by atoms with Gasteiger partial charge in [0.05, 0.1) is 9.83 Å². The minimum Gasteiger partial charge on any atom is -0.340 e. The van der Waals surface area contributed by atoms with E-state index in [1.54, 1.807) is 23.3 Å². The van der Waals surface area contributed by atoms with Crippen molar-refractivity contribution in [2.24, 2.45) is 11.7 Å². The van der Waals surface area contributed by atoms with Crippen LogP contribution < -0.4 is 5.73 Å². The van der Waals surface area contributed by atoms with E-state index in [1.165, 1.54) is 0 Å². The predicted molar refractivity (Wildman–Crippen MR) is 75.9 cm³/mol. The van der Waals surface area contributed by atoms with Gasteiger partial charge in [0.15, 0.2) is 0 Å². The molecule has 2 unspecified atom stereocenters. The van der Waals surface area contributed by atoms with E-state index < -0.39 is 6.04 Å². The second-order valence-electron chi connectivity index (χ2n) is 4.36. The lowest BCUT2D eigenvalue weighted by Gasteiger charge is -2.24. The Hall–Kier alpha value is -0.390. The van der Waals surface area contributed by atoms with Crippen LogP contribution in [-0.4, -0.2) is 23.9 Å². The van der Waals surface area contributed by atoms with E-state index in [0.29, 0.717) is 6.54 Å². The summed E-state index contributed by atoms with van der Waals surface area (Å²) in [6.07, 6.45) is 0.921. The molecule has 2 N–H and O–H groups in total. The molecule has 0 saturated carbocycles. The number of hydrogen-bond donors (Lipinski definition) is 1. The number of rotatable bonds is 5. The molecule has 1 rings (SSSR count). The van der Waals surface area contributed by atoms with Crippen molar-refractivity contribution >= 4 is 33.2 Å². The van der Waals surface area contributed by atoms with E-state index in [0.717, 1.165) is 15.8 Å². The lowest BCUT2D eigenvalue weighted by molar-refractivity contribution is -0.132. The number of hydrogen-bond acceptors (Lipinski definition) is 3. The van der Waals surface area contributed by atoms with Crippen molar-refractivity contribution in [2.75, 3.05) is 7.05 Å². The molecular formula is C12H19BrN2OS. The Morgan fingerprint density at radius 2 is 2.29 bits per heavy atom. The Bertz CT molecular complexity index is 380. The third-order valence-corrected chi connectivity index (χ3v) is 4.51. The largest absolute Gasteiger partial charge is 0.340 e. The lowest BCUT2D eigenvalue weighted by atomic mass is 9.99. The van der Waals surface area contributed by atoms with Gasteiger partial charge < -0.3 is 10.6 Å². The van der Waals surface area contributed by atoms with Crippen LogP contribution in [0.25, 0.3) is 0 Å². The minimum absolute atomic E-state index is 0.0154. The second-order valence-corrected chi connectivity index (χ2v) is 6.66. The predicted octanol–water partition coefficient (Wildman–Crippen LogP) is 2.84. The first-order valence-electron chi connectivity index (χ1n) is 5.69. The fourth-order valence-electron chi connectivity index (χ4n) is 1.53. The molecule has 1 heterocycles. The molecule has 5 heteroatoms. The van der Waals surface area contributed by atoms with Crippen molar-refractivity contribution < 1.29 is 4.79 Å². The minimum atomic E-state index is -0.396. The van der Waals surface area contributed by atoms with Crippen LogP contribution in [0.1, 0.15) is 25.8 Å². The maximum absolute atomic E-state index is 12.0. The molecular weight excluding hydrogens is 300 g/mol. The smallest absolute Gasteiger partial charge is 0.239 e. The standard InChI is InChI=1S/C12H19BrN2OS/c1-4-8(2)11(14)12(16)15(3)6-9-5-10(13)17-7-9/h5,7-8,11H,4,6,14H2,1-3H3. The zero-order valence-corrected chi connectivity index (χ0v) is 12.8. The van der Waals surface area contributed by atoms with Crippen molar-refractivity contribution in [3.63, 3.8) is 0 Å². The van der Waals surface area contributed by atoms with Gasteiger partial charge >= 0.3 is 0 Å². The zero-order chi connectivity index (χ0) is 13.0. The highest BCUT2D eigenvalue weighted by molar-refractivity contribution is 9.11. The summed E-state index contributed by atoms with van der Waals surface area (Å²) in [5, 5.41) is 2.04. The molecule has 1 amide bonds. The Morgan fingerprint density at radius 3 is 2.76 bits per heavy atom. The number of nitrogens with two attached hydrogens (primary N) is 1. The Balaban J connectivity index is 2.58. The molecule has 3 nitrogen and oxygen atoms in total. The zero-order valence-electron chi connectivity index (χ0n) is 10.4. The van der Waals surface area contributed by atoms with Gasteiger partial charge in [0.2, 0.25) is 5.91 Å². The number of likely N-dealkylation sites (N-methyl/N-ethyl adjacent to an activating group) is 1. The molecule has 1 aromatic rings. The van der Waals surface area contributed by atoms with E-state index in [4.69, 9.17) is 5.73 Å². The van der Waals surface area contributed by atoms with Crippen LogP contribution in [0.3, 0.4) is 0 Å². The molecule has 0 radical (unpaired) electrons. The molecule has 0 spiro atoms. The van der Waals surface area contributed by atoms with Gasteiger partial charge in [-0.2, -0.15) is 0 Å². The molecule has 0 fully saturated rings. The first-order valence-corrected chi connectivity index (χ1v) is 7.36. The number of amides is 1. The van der Waals surface area contributed by atoms with Gasteiger partial charge in [0.1, 0.15) is 0 Å². The van der Waals surface area contributed by atoms with Crippen molar-refractivity contribution in [2.45, 2.75) is 32.9 Å². The van der Waals surface area contributed by atoms with Gasteiger partial charge in [-0.1, -0.05) is 20.3 Å². The maximum atomic E-state index is 12.0. The third kappa shape index (κ3) is 4.08. The van der Waals surface area contributed by atoms with Gasteiger partial charge in [0, 0.05) is 13.6 Å². The third-order valence-electron chi connectivity index (χ3n) is 2.96. The van der Waals surface area contributed by atoms with Crippen LogP contribution in [-0.2, 0) is 11.3 Å². The average molecular weight is 319 g/mol. The van der Waals surface area contributed by atoms with E-state index >= 15 is 0 Å². The Morgan fingerprint density at radius 1 is 1.65 bits per heavy atom. The van der Waals surface area contributed by atoms with Crippen LogP contribution in [0.5, 0.6) is 0 Å². The highest BCUT2D eigenvalue weighted by Crippen LogP contribution is 2.21. The van der Waals surface area contributed by atoms with Crippen molar-refractivity contribution in [3.8, 4) is 0 Å². The monoisotopic (exact) mass is 318 g/mol. The molecule has 0 saturated heterocycles. The fraction of sp³-hybridized carbons (Fsp3) is 0.583. The van der Waals surface area contributed by atoms with Gasteiger partial charge in [-0.3, -0.25) is 4.79 Å². The number of thiophene rings is 1. The van der Waals surface area contributed by atoms with Gasteiger partial charge in [-0.15, -0.1) is 11.3 Å². The Labute approximate surface area is 115 Å². The maximum Gasteiger partial charge on any atom is 0.239 e. The summed E-state index contributed by atoms with van der Waals surface area (Å²) >= 11 is 5.04. The van der Waals surface area contributed by atoms with Gasteiger partial charge in [0.25, 0.3) is 0 Å². The number of carbonyl (C=O) groups excluding carboxylic acids is 1. The lowest BCUT2D eigenvalue weighted by Crippen LogP contribution is -2.45. The van der Waals surface area contributed by atoms with E-state index in [9.17, 15) is 4.79 Å². The summed E-state index contributed by atoms with van der Waals surface area (Å²) in [5.41, 5.74) is 7.07. The molecule has 0 aliphatic carbocycles. The van der Waals surface area contributed by atoms with Crippen LogP contribution >= 0.6 is 27.3 Å². The Kier molecular flexibility index (Phi) is 5.62. The summed E-state index contributed by atoms with van der Waals surface area (Å²) in [4.78, 5) is 13.7. The van der Waals surface area contributed by atoms with Crippen LogP contribution in [0.15, 0.2) is 15.2 Å². The number of nitrogens with zero attached hydrogens (tertiary/aromatic N) is 1. The molecule has 2 atom stereocenters. The number of carbonyl (C=O) groups is 1. The molecule has 0 aliphatic heterocycles. The summed E-state index contributed by atoms with van der Waals surface area (Å²) in [7, 11) is 1.80. The SMILES string of the molecule is CCC(C)C(N)C(=O)N(C)Cc1csc(Br)c1. The normalized spacial score (nSPS) is 14.4. The summed E-state index contributed by atoms with van der Waals surface area (Å²) in [6.45, 7) is 4.68. The number of halogens is 1. The summed E-state index contributed by atoms with van der Waals surface area (Å²) in [6, 6.07) is 1.63. The fourth-order valence-corrected chi connectivity index (χ4v) is 2.73. The highest BCUT2D eigenvalue weighted by atomic mass is 79.9.